The largest absolute Gasteiger partial charge is 0.454 e. The van der Waals surface area contributed by atoms with Crippen LogP contribution >= 0.6 is 0 Å². The number of esters is 1. The van der Waals surface area contributed by atoms with Gasteiger partial charge in [0.2, 0.25) is 0 Å². The number of carbonyl (C=O) groups is 3. The number of carbonyl (C=O) groups excluding carboxylic acids is 3. The lowest BCUT2D eigenvalue weighted by atomic mass is 10.2. The number of nitrogens with one attached hydrogen (secondary N) is 2. The minimum absolute atomic E-state index is 0.153. The van der Waals surface area contributed by atoms with Gasteiger partial charge in [-0.05, 0) is 25.0 Å². The van der Waals surface area contributed by atoms with E-state index in [1.807, 2.05) is 0 Å². The Morgan fingerprint density at radius 3 is 2.57 bits per heavy atom. The fourth-order valence-electron chi connectivity index (χ4n) is 2.43. The number of rotatable bonds is 6. The van der Waals surface area contributed by atoms with Crippen molar-refractivity contribution in [2.45, 2.75) is 31.7 Å². The van der Waals surface area contributed by atoms with E-state index in [9.17, 15) is 18.8 Å². The van der Waals surface area contributed by atoms with Crippen molar-refractivity contribution in [1.29, 1.82) is 0 Å². The van der Waals surface area contributed by atoms with Crippen LogP contribution < -0.4 is 10.6 Å². The average molecular weight is 322 g/mol. The summed E-state index contributed by atoms with van der Waals surface area (Å²) in [5, 5.41) is 5.03. The van der Waals surface area contributed by atoms with Gasteiger partial charge in [0.1, 0.15) is 12.4 Å². The van der Waals surface area contributed by atoms with Crippen molar-refractivity contribution >= 4 is 17.8 Å². The van der Waals surface area contributed by atoms with Gasteiger partial charge in [-0.3, -0.25) is 14.4 Å². The maximum Gasteiger partial charge on any atom is 0.325 e. The van der Waals surface area contributed by atoms with Crippen LogP contribution in [0.25, 0.3) is 0 Å². The number of hydrogen-bond acceptors (Lipinski definition) is 4. The maximum atomic E-state index is 13.4. The van der Waals surface area contributed by atoms with Crippen LogP contribution in [0.4, 0.5) is 4.39 Å². The molecule has 1 aromatic rings. The van der Waals surface area contributed by atoms with Crippen molar-refractivity contribution in [3.05, 3.63) is 35.6 Å². The van der Waals surface area contributed by atoms with Gasteiger partial charge >= 0.3 is 5.97 Å². The molecule has 1 aromatic carbocycles. The number of halogens is 1. The number of amides is 2. The molecule has 0 heterocycles. The summed E-state index contributed by atoms with van der Waals surface area (Å²) in [5.41, 5.74) is -0.153. The summed E-state index contributed by atoms with van der Waals surface area (Å²) in [5.74, 6) is -2.49. The second-order valence-corrected chi connectivity index (χ2v) is 5.37. The van der Waals surface area contributed by atoms with Gasteiger partial charge in [0, 0.05) is 6.04 Å². The summed E-state index contributed by atoms with van der Waals surface area (Å²) in [4.78, 5) is 34.8. The molecule has 1 aliphatic carbocycles. The van der Waals surface area contributed by atoms with Gasteiger partial charge < -0.3 is 15.4 Å². The Hall–Kier alpha value is -2.44. The molecule has 0 unspecified atom stereocenters. The Balaban J connectivity index is 1.67. The normalized spacial score (nSPS) is 14.3. The van der Waals surface area contributed by atoms with E-state index < -0.39 is 24.2 Å². The highest BCUT2D eigenvalue weighted by Gasteiger charge is 2.18. The molecular formula is C16H19FN2O4. The van der Waals surface area contributed by atoms with Crippen LogP contribution in [0.2, 0.25) is 0 Å². The van der Waals surface area contributed by atoms with Gasteiger partial charge in [-0.15, -0.1) is 0 Å². The Kier molecular flexibility index (Phi) is 6.08. The molecule has 23 heavy (non-hydrogen) atoms. The molecule has 2 amide bonds. The van der Waals surface area contributed by atoms with Crippen LogP contribution in [0.3, 0.4) is 0 Å². The zero-order valence-corrected chi connectivity index (χ0v) is 12.6. The van der Waals surface area contributed by atoms with E-state index in [4.69, 9.17) is 4.74 Å². The highest BCUT2D eigenvalue weighted by atomic mass is 19.1. The Morgan fingerprint density at radius 2 is 1.87 bits per heavy atom. The summed E-state index contributed by atoms with van der Waals surface area (Å²) >= 11 is 0. The number of ether oxygens (including phenoxy) is 1. The summed E-state index contributed by atoms with van der Waals surface area (Å²) in [6.45, 7) is -0.811. The molecule has 0 aliphatic heterocycles. The number of hydrogen-bond donors (Lipinski definition) is 2. The van der Waals surface area contributed by atoms with Crippen molar-refractivity contribution in [2.75, 3.05) is 13.2 Å². The maximum absolute atomic E-state index is 13.4. The van der Waals surface area contributed by atoms with Gasteiger partial charge in [-0.25, -0.2) is 4.39 Å². The molecule has 1 fully saturated rings. The molecular weight excluding hydrogens is 303 g/mol. The lowest BCUT2D eigenvalue weighted by Crippen LogP contribution is -2.37. The van der Waals surface area contributed by atoms with E-state index in [0.29, 0.717) is 0 Å². The molecule has 0 spiro atoms. The Labute approximate surface area is 133 Å². The van der Waals surface area contributed by atoms with Gasteiger partial charge in [-0.1, -0.05) is 25.0 Å². The molecule has 0 aromatic heterocycles. The number of benzene rings is 1. The van der Waals surface area contributed by atoms with Crippen molar-refractivity contribution in [3.8, 4) is 0 Å². The van der Waals surface area contributed by atoms with Crippen LogP contribution in [0.1, 0.15) is 36.0 Å². The van der Waals surface area contributed by atoms with Crippen LogP contribution in [-0.2, 0) is 14.3 Å². The minimum Gasteiger partial charge on any atom is -0.454 e. The molecule has 0 atom stereocenters. The Bertz CT molecular complexity index is 585. The second kappa shape index (κ2) is 8.26. The van der Waals surface area contributed by atoms with E-state index in [0.717, 1.165) is 31.7 Å². The third kappa shape index (κ3) is 5.36. The van der Waals surface area contributed by atoms with Crippen molar-refractivity contribution < 1.29 is 23.5 Å². The third-order valence-electron chi connectivity index (χ3n) is 3.60. The zero-order valence-electron chi connectivity index (χ0n) is 12.6. The predicted molar refractivity (Wildman–Crippen MR) is 80.1 cm³/mol. The van der Waals surface area contributed by atoms with Gasteiger partial charge in [0.15, 0.2) is 6.61 Å². The summed E-state index contributed by atoms with van der Waals surface area (Å²) in [6, 6.07) is 5.60. The average Bonchev–Trinajstić information content (AvgIpc) is 3.04. The first kappa shape index (κ1) is 16.9. The van der Waals surface area contributed by atoms with Crippen molar-refractivity contribution in [2.24, 2.45) is 0 Å². The predicted octanol–water partition coefficient (Wildman–Crippen LogP) is 1.16. The summed E-state index contributed by atoms with van der Waals surface area (Å²) in [6.07, 6.45) is 4.07. The zero-order chi connectivity index (χ0) is 16.7. The van der Waals surface area contributed by atoms with Crippen LogP contribution in [-0.4, -0.2) is 37.0 Å². The highest BCUT2D eigenvalue weighted by molar-refractivity contribution is 5.96. The highest BCUT2D eigenvalue weighted by Crippen LogP contribution is 2.17. The van der Waals surface area contributed by atoms with Gasteiger partial charge in [0.05, 0.1) is 5.56 Å². The van der Waals surface area contributed by atoms with Crippen LogP contribution in [0.15, 0.2) is 24.3 Å². The fourth-order valence-corrected chi connectivity index (χ4v) is 2.43. The van der Waals surface area contributed by atoms with E-state index >= 15 is 0 Å². The van der Waals surface area contributed by atoms with E-state index in [1.165, 1.54) is 18.2 Å². The Morgan fingerprint density at radius 1 is 1.17 bits per heavy atom. The topological polar surface area (TPSA) is 84.5 Å². The van der Waals surface area contributed by atoms with Crippen LogP contribution in [0.5, 0.6) is 0 Å². The molecule has 7 heteroatoms. The molecule has 2 N–H and O–H groups in total. The fraction of sp³-hybridized carbons (Fsp3) is 0.438. The first-order valence-electron chi connectivity index (χ1n) is 7.54. The van der Waals surface area contributed by atoms with E-state index in [1.54, 1.807) is 0 Å². The molecule has 0 radical (unpaired) electrons. The minimum atomic E-state index is -0.753. The standard InChI is InChI=1S/C16H19FN2O4/c17-13-8-4-3-7-12(13)16(22)18-9-15(21)23-10-14(20)19-11-5-1-2-6-11/h3-4,7-8,11H,1-2,5-6,9-10H2,(H,18,22)(H,19,20). The quantitative estimate of drug-likeness (QED) is 0.770. The molecule has 124 valence electrons. The lowest BCUT2D eigenvalue weighted by molar-refractivity contribution is -0.147. The smallest absolute Gasteiger partial charge is 0.325 e. The SMILES string of the molecule is O=C(COC(=O)CNC(=O)c1ccccc1F)NC1CCCC1. The third-order valence-corrected chi connectivity index (χ3v) is 3.60. The van der Waals surface area contributed by atoms with E-state index in [-0.39, 0.29) is 24.1 Å². The molecule has 1 saturated carbocycles. The summed E-state index contributed by atoms with van der Waals surface area (Å²) in [7, 11) is 0. The van der Waals surface area contributed by atoms with Crippen LogP contribution in [0, 0.1) is 5.82 Å². The van der Waals surface area contributed by atoms with Crippen molar-refractivity contribution in [3.63, 3.8) is 0 Å². The second-order valence-electron chi connectivity index (χ2n) is 5.37. The molecule has 0 bridgehead atoms. The van der Waals surface area contributed by atoms with E-state index in [2.05, 4.69) is 10.6 Å². The van der Waals surface area contributed by atoms with Gasteiger partial charge in [-0.2, -0.15) is 0 Å². The molecule has 1 aliphatic rings. The molecule has 2 rings (SSSR count). The first-order chi connectivity index (χ1) is 11.1. The van der Waals surface area contributed by atoms with Gasteiger partial charge in [0.25, 0.3) is 11.8 Å². The monoisotopic (exact) mass is 322 g/mol. The lowest BCUT2D eigenvalue weighted by Gasteiger charge is -2.12. The molecule has 6 nitrogen and oxygen atoms in total. The molecule has 0 saturated heterocycles. The van der Waals surface area contributed by atoms with Crippen molar-refractivity contribution in [1.82, 2.24) is 10.6 Å². The first-order valence-corrected chi connectivity index (χ1v) is 7.54. The summed E-state index contributed by atoms with van der Waals surface area (Å²) < 4.78 is 18.2.